The Morgan fingerprint density at radius 2 is 1.94 bits per heavy atom. The lowest BCUT2D eigenvalue weighted by molar-refractivity contribution is 0.182. The highest BCUT2D eigenvalue weighted by molar-refractivity contribution is 7.86. The van der Waals surface area contributed by atoms with Crippen LogP contribution in [-0.2, 0) is 20.8 Å². The van der Waals surface area contributed by atoms with Gasteiger partial charge in [-0.25, -0.2) is 0 Å². The van der Waals surface area contributed by atoms with Crippen molar-refractivity contribution < 1.29 is 12.6 Å². The summed E-state index contributed by atoms with van der Waals surface area (Å²) in [4.78, 5) is 2.23. The molecule has 0 saturated carbocycles. The zero-order chi connectivity index (χ0) is 13.2. The van der Waals surface area contributed by atoms with Crippen LogP contribution in [0, 0.1) is 5.92 Å². The summed E-state index contributed by atoms with van der Waals surface area (Å²) in [5.41, 5.74) is 1.24. The monoisotopic (exact) mass is 269 g/mol. The number of nitrogens with zero attached hydrogens (tertiary/aromatic N) is 1. The van der Waals surface area contributed by atoms with Gasteiger partial charge in [-0.15, -0.1) is 0 Å². The topological polar surface area (TPSA) is 46.6 Å². The first-order valence-corrected chi connectivity index (χ1v) is 7.90. The van der Waals surface area contributed by atoms with E-state index in [-0.39, 0.29) is 12.0 Å². The van der Waals surface area contributed by atoms with Gasteiger partial charge in [0.1, 0.15) is 0 Å². The van der Waals surface area contributed by atoms with Crippen LogP contribution < -0.4 is 0 Å². The smallest absolute Gasteiger partial charge is 0.264 e. The summed E-state index contributed by atoms with van der Waals surface area (Å²) in [6, 6.07) is 10.2. The average molecular weight is 269 g/mol. The van der Waals surface area contributed by atoms with Gasteiger partial charge < -0.3 is 0 Å². The highest BCUT2D eigenvalue weighted by Crippen LogP contribution is 2.22. The molecule has 5 heteroatoms. The van der Waals surface area contributed by atoms with Crippen molar-refractivity contribution in [2.45, 2.75) is 19.6 Å². The Bertz CT molecular complexity index is 486. The van der Waals surface area contributed by atoms with Crippen LogP contribution in [-0.4, -0.2) is 38.8 Å². The molecule has 0 bridgehead atoms. The maximum atomic E-state index is 11.2. The predicted octanol–water partition coefficient (Wildman–Crippen LogP) is 1.48. The van der Waals surface area contributed by atoms with E-state index in [4.69, 9.17) is 4.18 Å². The molecule has 1 aliphatic heterocycles. The lowest BCUT2D eigenvalue weighted by Crippen LogP contribution is -2.25. The summed E-state index contributed by atoms with van der Waals surface area (Å²) < 4.78 is 27.4. The van der Waals surface area contributed by atoms with Crippen LogP contribution in [0.2, 0.25) is 0 Å². The van der Waals surface area contributed by atoms with E-state index in [0.717, 1.165) is 19.3 Å². The molecule has 0 radical (unpaired) electrons. The van der Waals surface area contributed by atoms with Gasteiger partial charge in [-0.2, -0.15) is 8.42 Å². The summed E-state index contributed by atoms with van der Waals surface area (Å²) >= 11 is 0. The highest BCUT2D eigenvalue weighted by Gasteiger charge is 2.32. The van der Waals surface area contributed by atoms with E-state index < -0.39 is 10.1 Å². The molecule has 0 amide bonds. The zero-order valence-electron chi connectivity index (χ0n) is 10.7. The minimum atomic E-state index is -3.36. The number of benzene rings is 1. The molecule has 1 aromatic rings. The zero-order valence-corrected chi connectivity index (χ0v) is 11.6. The molecule has 0 unspecified atom stereocenters. The van der Waals surface area contributed by atoms with E-state index in [2.05, 4.69) is 17.0 Å². The third-order valence-corrected chi connectivity index (χ3v) is 3.76. The van der Waals surface area contributed by atoms with Crippen molar-refractivity contribution in [2.75, 3.05) is 19.3 Å². The van der Waals surface area contributed by atoms with Gasteiger partial charge in [0, 0.05) is 19.6 Å². The van der Waals surface area contributed by atoms with Crippen LogP contribution in [0.1, 0.15) is 12.5 Å². The molecule has 2 atom stereocenters. The molecule has 1 saturated heterocycles. The Labute approximate surface area is 109 Å². The molecule has 18 heavy (non-hydrogen) atoms. The SMILES string of the molecule is C[C@H]1CN(Cc2ccccc2)C[C@@H]1OS(C)(=O)=O. The molecule has 4 nitrogen and oxygen atoms in total. The van der Waals surface area contributed by atoms with Crippen molar-refractivity contribution in [1.82, 2.24) is 4.90 Å². The van der Waals surface area contributed by atoms with Gasteiger partial charge in [0.25, 0.3) is 10.1 Å². The largest absolute Gasteiger partial charge is 0.296 e. The van der Waals surface area contributed by atoms with E-state index in [9.17, 15) is 8.42 Å². The molecule has 1 aromatic carbocycles. The van der Waals surface area contributed by atoms with Crippen LogP contribution in [0.4, 0.5) is 0 Å². The van der Waals surface area contributed by atoms with Crippen molar-refractivity contribution in [3.63, 3.8) is 0 Å². The molecule has 0 aliphatic carbocycles. The minimum absolute atomic E-state index is 0.219. The van der Waals surface area contributed by atoms with Gasteiger partial charge >= 0.3 is 0 Å². The van der Waals surface area contributed by atoms with Crippen LogP contribution in [0.25, 0.3) is 0 Å². The number of hydrogen-bond acceptors (Lipinski definition) is 4. The van der Waals surface area contributed by atoms with Crippen molar-refractivity contribution >= 4 is 10.1 Å². The van der Waals surface area contributed by atoms with Gasteiger partial charge in [-0.05, 0) is 11.5 Å². The Balaban J connectivity index is 1.95. The van der Waals surface area contributed by atoms with Gasteiger partial charge in [-0.1, -0.05) is 37.3 Å². The maximum absolute atomic E-state index is 11.2. The lowest BCUT2D eigenvalue weighted by atomic mass is 10.1. The molecule has 1 heterocycles. The molecule has 1 fully saturated rings. The van der Waals surface area contributed by atoms with Gasteiger partial charge in [0.15, 0.2) is 0 Å². The molecule has 0 N–H and O–H groups in total. The second-order valence-corrected chi connectivity index (χ2v) is 6.60. The highest BCUT2D eigenvalue weighted by atomic mass is 32.2. The Hall–Kier alpha value is -0.910. The van der Waals surface area contributed by atoms with E-state index in [0.29, 0.717) is 6.54 Å². The first kappa shape index (κ1) is 13.5. The summed E-state index contributed by atoms with van der Waals surface area (Å²) in [7, 11) is -3.36. The second-order valence-electron chi connectivity index (χ2n) is 5.00. The molecular weight excluding hydrogens is 250 g/mol. The van der Waals surface area contributed by atoms with E-state index in [1.807, 2.05) is 25.1 Å². The van der Waals surface area contributed by atoms with E-state index in [1.165, 1.54) is 5.56 Å². The van der Waals surface area contributed by atoms with Gasteiger partial charge in [-0.3, -0.25) is 9.08 Å². The third-order valence-electron chi connectivity index (χ3n) is 3.17. The molecular formula is C13H19NO3S. The van der Waals surface area contributed by atoms with E-state index >= 15 is 0 Å². The van der Waals surface area contributed by atoms with E-state index in [1.54, 1.807) is 0 Å². The van der Waals surface area contributed by atoms with Crippen molar-refractivity contribution in [3.05, 3.63) is 35.9 Å². The van der Waals surface area contributed by atoms with Crippen LogP contribution in [0.5, 0.6) is 0 Å². The fourth-order valence-electron chi connectivity index (χ4n) is 2.35. The number of rotatable bonds is 4. The first-order valence-electron chi connectivity index (χ1n) is 6.08. The summed E-state index contributed by atoms with van der Waals surface area (Å²) in [5.74, 6) is 0.239. The van der Waals surface area contributed by atoms with Crippen LogP contribution >= 0.6 is 0 Å². The summed E-state index contributed by atoms with van der Waals surface area (Å²) in [6.45, 7) is 4.41. The first-order chi connectivity index (χ1) is 8.44. The molecule has 0 aromatic heterocycles. The maximum Gasteiger partial charge on any atom is 0.264 e. The minimum Gasteiger partial charge on any atom is -0.296 e. The lowest BCUT2D eigenvalue weighted by Gasteiger charge is -2.15. The molecule has 2 rings (SSSR count). The Kier molecular flexibility index (Phi) is 4.04. The summed E-state index contributed by atoms with van der Waals surface area (Å²) in [6.07, 6.45) is 0.892. The van der Waals surface area contributed by atoms with Gasteiger partial charge in [0.05, 0.1) is 12.4 Å². The van der Waals surface area contributed by atoms with Gasteiger partial charge in [0.2, 0.25) is 0 Å². The second kappa shape index (κ2) is 5.38. The normalized spacial score (nSPS) is 25.4. The fraction of sp³-hybridized carbons (Fsp3) is 0.538. The van der Waals surface area contributed by atoms with Crippen molar-refractivity contribution in [2.24, 2.45) is 5.92 Å². The standard InChI is InChI=1S/C13H19NO3S/c1-11-8-14(9-12-6-4-3-5-7-12)10-13(11)17-18(2,15)16/h3-7,11,13H,8-10H2,1-2H3/t11-,13-/m0/s1. The van der Waals surface area contributed by atoms with Crippen LogP contribution in [0.3, 0.4) is 0 Å². The molecule has 100 valence electrons. The number of likely N-dealkylation sites (tertiary alicyclic amines) is 1. The van der Waals surface area contributed by atoms with Crippen molar-refractivity contribution in [1.29, 1.82) is 0 Å². The number of hydrogen-bond donors (Lipinski definition) is 0. The Morgan fingerprint density at radius 1 is 1.28 bits per heavy atom. The molecule has 1 aliphatic rings. The summed E-state index contributed by atoms with van der Waals surface area (Å²) in [5, 5.41) is 0. The molecule has 0 spiro atoms. The quantitative estimate of drug-likeness (QED) is 0.777. The predicted molar refractivity (Wildman–Crippen MR) is 70.6 cm³/mol. The van der Waals surface area contributed by atoms with Crippen molar-refractivity contribution in [3.8, 4) is 0 Å². The van der Waals surface area contributed by atoms with Crippen LogP contribution in [0.15, 0.2) is 30.3 Å². The fourth-order valence-corrected chi connectivity index (χ4v) is 3.05. The third kappa shape index (κ3) is 3.80. The average Bonchev–Trinajstić information content (AvgIpc) is 2.58. The Morgan fingerprint density at radius 3 is 2.56 bits per heavy atom.